The minimum atomic E-state index is -0.968. The van der Waals surface area contributed by atoms with Crippen LogP contribution in [0.1, 0.15) is 31.7 Å². The Morgan fingerprint density at radius 1 is 1.47 bits per heavy atom. The Labute approximate surface area is 122 Å². The molecule has 19 heavy (non-hydrogen) atoms. The van der Waals surface area contributed by atoms with Crippen LogP contribution in [0.2, 0.25) is 10.0 Å². The number of rotatable bonds is 3. The molecule has 0 bridgehead atoms. The minimum absolute atomic E-state index is 0.0607. The lowest BCUT2D eigenvalue weighted by atomic mass is 9.89. The van der Waals surface area contributed by atoms with E-state index in [1.165, 1.54) is 0 Å². The number of carbonyl (C=O) groups is 1. The van der Waals surface area contributed by atoms with Crippen molar-refractivity contribution in [2.75, 3.05) is 0 Å². The molecule has 0 spiro atoms. The lowest BCUT2D eigenvalue weighted by molar-refractivity contribution is -0.168. The zero-order valence-corrected chi connectivity index (χ0v) is 12.2. The predicted molar refractivity (Wildman–Crippen MR) is 74.5 cm³/mol. The van der Waals surface area contributed by atoms with Crippen LogP contribution in [-0.4, -0.2) is 22.8 Å². The number of cyclic esters (lactones) is 1. The fourth-order valence-electron chi connectivity index (χ4n) is 2.34. The first-order valence-electron chi connectivity index (χ1n) is 6.21. The SMILES string of the molecule is C[C@]1(O)CC(=O)O[C@H](CCc2ccc(Cl)cc2Cl)C1. The van der Waals surface area contributed by atoms with Gasteiger partial charge in [0.1, 0.15) is 6.10 Å². The summed E-state index contributed by atoms with van der Waals surface area (Å²) in [5, 5.41) is 11.2. The third-order valence-electron chi connectivity index (χ3n) is 3.24. The van der Waals surface area contributed by atoms with Crippen LogP contribution in [0.4, 0.5) is 0 Å². The van der Waals surface area contributed by atoms with E-state index in [1.54, 1.807) is 19.1 Å². The van der Waals surface area contributed by atoms with Crippen LogP contribution in [0.5, 0.6) is 0 Å². The highest BCUT2D eigenvalue weighted by atomic mass is 35.5. The van der Waals surface area contributed by atoms with Crippen molar-refractivity contribution in [1.29, 1.82) is 0 Å². The lowest BCUT2D eigenvalue weighted by Crippen LogP contribution is -2.41. The number of esters is 1. The number of halogens is 2. The number of aliphatic hydroxyl groups is 1. The summed E-state index contributed by atoms with van der Waals surface area (Å²) in [5.41, 5.74) is -0.00334. The van der Waals surface area contributed by atoms with E-state index in [0.717, 1.165) is 5.56 Å². The molecule has 0 aromatic heterocycles. The summed E-state index contributed by atoms with van der Waals surface area (Å²) in [6.07, 6.45) is 1.59. The van der Waals surface area contributed by atoms with Gasteiger partial charge in [0.15, 0.2) is 0 Å². The number of carbonyl (C=O) groups excluding carboxylic acids is 1. The van der Waals surface area contributed by atoms with Gasteiger partial charge in [-0.3, -0.25) is 4.79 Å². The highest BCUT2D eigenvalue weighted by molar-refractivity contribution is 6.35. The summed E-state index contributed by atoms with van der Waals surface area (Å²) in [4.78, 5) is 11.4. The van der Waals surface area contributed by atoms with E-state index in [4.69, 9.17) is 27.9 Å². The summed E-state index contributed by atoms with van der Waals surface area (Å²) in [5.74, 6) is -0.344. The largest absolute Gasteiger partial charge is 0.462 e. The van der Waals surface area contributed by atoms with Gasteiger partial charge >= 0.3 is 5.97 Å². The van der Waals surface area contributed by atoms with Crippen LogP contribution in [0, 0.1) is 0 Å². The van der Waals surface area contributed by atoms with E-state index in [-0.39, 0.29) is 18.5 Å². The van der Waals surface area contributed by atoms with E-state index in [1.807, 2.05) is 6.07 Å². The molecule has 0 unspecified atom stereocenters. The van der Waals surface area contributed by atoms with Gasteiger partial charge in [0.05, 0.1) is 12.0 Å². The molecule has 2 rings (SSSR count). The molecule has 2 atom stereocenters. The van der Waals surface area contributed by atoms with Crippen LogP contribution in [0.15, 0.2) is 18.2 Å². The van der Waals surface area contributed by atoms with E-state index in [0.29, 0.717) is 29.3 Å². The highest BCUT2D eigenvalue weighted by Gasteiger charge is 2.35. The Kier molecular flexibility index (Phi) is 4.39. The van der Waals surface area contributed by atoms with Crippen LogP contribution in [0.25, 0.3) is 0 Å². The van der Waals surface area contributed by atoms with Gasteiger partial charge in [0.2, 0.25) is 0 Å². The summed E-state index contributed by atoms with van der Waals surface area (Å²) in [6.45, 7) is 1.66. The Balaban J connectivity index is 1.96. The van der Waals surface area contributed by atoms with E-state index in [9.17, 15) is 9.90 Å². The topological polar surface area (TPSA) is 46.5 Å². The van der Waals surface area contributed by atoms with Crippen LogP contribution in [0.3, 0.4) is 0 Å². The van der Waals surface area contributed by atoms with E-state index < -0.39 is 5.60 Å². The number of hydrogen-bond acceptors (Lipinski definition) is 3. The fourth-order valence-corrected chi connectivity index (χ4v) is 2.85. The van der Waals surface area contributed by atoms with E-state index in [2.05, 4.69) is 0 Å². The van der Waals surface area contributed by atoms with Gasteiger partial charge in [0.25, 0.3) is 0 Å². The maximum atomic E-state index is 11.4. The van der Waals surface area contributed by atoms with Crippen molar-refractivity contribution in [3.63, 3.8) is 0 Å². The molecule has 1 aromatic carbocycles. The first-order chi connectivity index (χ1) is 8.85. The standard InChI is InChI=1S/C14H16Cl2O3/c1-14(18)7-11(19-13(17)8-14)5-3-9-2-4-10(15)6-12(9)16/h2,4,6,11,18H,3,5,7-8H2,1H3/t11-,14-/m1/s1. The van der Waals surface area contributed by atoms with Crippen molar-refractivity contribution in [1.82, 2.24) is 0 Å². The van der Waals surface area contributed by atoms with Crippen molar-refractivity contribution in [2.24, 2.45) is 0 Å². The van der Waals surface area contributed by atoms with Crippen molar-refractivity contribution >= 4 is 29.2 Å². The summed E-state index contributed by atoms with van der Waals surface area (Å²) in [7, 11) is 0. The molecule has 104 valence electrons. The first-order valence-corrected chi connectivity index (χ1v) is 6.97. The molecular formula is C14H16Cl2O3. The Morgan fingerprint density at radius 3 is 2.84 bits per heavy atom. The van der Waals surface area contributed by atoms with Gasteiger partial charge in [-0.05, 0) is 37.5 Å². The summed E-state index contributed by atoms with van der Waals surface area (Å²) < 4.78 is 5.24. The molecular weight excluding hydrogens is 287 g/mol. The molecule has 3 nitrogen and oxygen atoms in total. The fraction of sp³-hybridized carbons (Fsp3) is 0.500. The second kappa shape index (κ2) is 5.70. The molecule has 1 heterocycles. The summed E-state index contributed by atoms with van der Waals surface area (Å²) in [6, 6.07) is 5.35. The minimum Gasteiger partial charge on any atom is -0.462 e. The molecule has 1 fully saturated rings. The zero-order valence-electron chi connectivity index (χ0n) is 10.7. The average molecular weight is 303 g/mol. The molecule has 1 aromatic rings. The second-order valence-corrected chi connectivity index (χ2v) is 6.11. The van der Waals surface area contributed by atoms with Crippen LogP contribution >= 0.6 is 23.2 Å². The van der Waals surface area contributed by atoms with Crippen molar-refractivity contribution < 1.29 is 14.6 Å². The molecule has 5 heteroatoms. The number of ether oxygens (including phenoxy) is 1. The number of hydrogen-bond donors (Lipinski definition) is 1. The lowest BCUT2D eigenvalue weighted by Gasteiger charge is -2.33. The Morgan fingerprint density at radius 2 is 2.21 bits per heavy atom. The maximum absolute atomic E-state index is 11.4. The van der Waals surface area contributed by atoms with E-state index >= 15 is 0 Å². The molecule has 1 saturated heterocycles. The van der Waals surface area contributed by atoms with Gasteiger partial charge < -0.3 is 9.84 Å². The molecule has 1 aliphatic rings. The monoisotopic (exact) mass is 302 g/mol. The molecule has 0 radical (unpaired) electrons. The van der Waals surface area contributed by atoms with Crippen molar-refractivity contribution in [2.45, 2.75) is 44.3 Å². The smallest absolute Gasteiger partial charge is 0.308 e. The van der Waals surface area contributed by atoms with Gasteiger partial charge in [-0.1, -0.05) is 29.3 Å². The zero-order chi connectivity index (χ0) is 14.0. The van der Waals surface area contributed by atoms with Crippen LogP contribution in [-0.2, 0) is 16.0 Å². The number of aryl methyl sites for hydroxylation is 1. The van der Waals surface area contributed by atoms with Crippen molar-refractivity contribution in [3.05, 3.63) is 33.8 Å². The molecule has 0 aliphatic carbocycles. The Hall–Kier alpha value is -0.770. The third kappa shape index (κ3) is 4.10. The quantitative estimate of drug-likeness (QED) is 0.871. The molecule has 0 saturated carbocycles. The maximum Gasteiger partial charge on any atom is 0.308 e. The third-order valence-corrected chi connectivity index (χ3v) is 3.83. The first kappa shape index (κ1) is 14.6. The van der Waals surface area contributed by atoms with Gasteiger partial charge in [-0.25, -0.2) is 0 Å². The Bertz CT molecular complexity index is 486. The van der Waals surface area contributed by atoms with Gasteiger partial charge in [0, 0.05) is 16.5 Å². The normalized spacial score (nSPS) is 27.2. The van der Waals surface area contributed by atoms with Crippen LogP contribution < -0.4 is 0 Å². The summed E-state index contributed by atoms with van der Waals surface area (Å²) >= 11 is 11.9. The molecule has 0 amide bonds. The van der Waals surface area contributed by atoms with Gasteiger partial charge in [-0.2, -0.15) is 0 Å². The second-order valence-electron chi connectivity index (χ2n) is 5.26. The average Bonchev–Trinajstić information content (AvgIpc) is 2.25. The molecule has 1 N–H and O–H groups in total. The molecule has 1 aliphatic heterocycles. The van der Waals surface area contributed by atoms with Gasteiger partial charge in [-0.15, -0.1) is 0 Å². The van der Waals surface area contributed by atoms with Crippen molar-refractivity contribution in [3.8, 4) is 0 Å². The highest BCUT2D eigenvalue weighted by Crippen LogP contribution is 2.29. The number of benzene rings is 1. The predicted octanol–water partition coefficient (Wildman–Crippen LogP) is 3.38.